The van der Waals surface area contributed by atoms with Crippen molar-refractivity contribution in [3.05, 3.63) is 45.6 Å². The van der Waals surface area contributed by atoms with E-state index in [1.165, 1.54) is 16.0 Å². The number of methoxy groups -OCH3 is 1. The Balaban J connectivity index is 1.65. The molecule has 0 amide bonds. The summed E-state index contributed by atoms with van der Waals surface area (Å²) in [6.45, 7) is 0.806. The van der Waals surface area contributed by atoms with Crippen LogP contribution >= 0.6 is 11.3 Å². The lowest BCUT2D eigenvalue weighted by atomic mass is 10.0. The van der Waals surface area contributed by atoms with Gasteiger partial charge in [-0.15, -0.1) is 11.3 Å². The Labute approximate surface area is 128 Å². The number of hydrogen-bond donors (Lipinski definition) is 2. The molecular formula is C16H20N2O2S. The number of thiophene rings is 1. The van der Waals surface area contributed by atoms with E-state index >= 15 is 0 Å². The van der Waals surface area contributed by atoms with Gasteiger partial charge in [-0.1, -0.05) is 12.1 Å². The Morgan fingerprint density at radius 3 is 3.10 bits per heavy atom. The fraction of sp³-hybridized carbons (Fsp3) is 0.375. The quantitative estimate of drug-likeness (QED) is 0.636. The van der Waals surface area contributed by atoms with Crippen molar-refractivity contribution in [2.75, 3.05) is 13.7 Å². The third-order valence-corrected chi connectivity index (χ3v) is 4.88. The van der Waals surface area contributed by atoms with Crippen LogP contribution in [0.4, 0.5) is 0 Å². The summed E-state index contributed by atoms with van der Waals surface area (Å²) in [7, 11) is 1.68. The standard InChI is InChI=1S/C16H20N2O2S/c1-19-13-9-16(21-10-13)14(18-17)4-2-11-3-5-15-12(8-11)6-7-20-15/h3,5,8-10,14,18H,2,4,6-7,17H2,1H3. The first-order valence-electron chi connectivity index (χ1n) is 7.13. The van der Waals surface area contributed by atoms with Gasteiger partial charge in [0.2, 0.25) is 0 Å². The average Bonchev–Trinajstić information content (AvgIpc) is 3.16. The summed E-state index contributed by atoms with van der Waals surface area (Å²) >= 11 is 1.67. The molecule has 0 spiro atoms. The zero-order valence-corrected chi connectivity index (χ0v) is 12.9. The van der Waals surface area contributed by atoms with Gasteiger partial charge in [0.1, 0.15) is 11.5 Å². The number of rotatable bonds is 6. The summed E-state index contributed by atoms with van der Waals surface area (Å²) in [6.07, 6.45) is 2.96. The lowest BCUT2D eigenvalue weighted by Crippen LogP contribution is -2.27. The number of nitrogens with two attached hydrogens (primary N) is 1. The SMILES string of the molecule is COc1csc(C(CCc2ccc3c(c2)CCO3)NN)c1. The van der Waals surface area contributed by atoms with Crippen molar-refractivity contribution < 1.29 is 9.47 Å². The second kappa shape index (κ2) is 6.47. The second-order valence-electron chi connectivity index (χ2n) is 5.19. The van der Waals surface area contributed by atoms with E-state index in [1.807, 2.05) is 11.4 Å². The zero-order chi connectivity index (χ0) is 14.7. The highest BCUT2D eigenvalue weighted by atomic mass is 32.1. The Hall–Kier alpha value is -1.56. The van der Waals surface area contributed by atoms with E-state index in [0.29, 0.717) is 0 Å². The first kappa shape index (κ1) is 14.4. The van der Waals surface area contributed by atoms with Gasteiger partial charge < -0.3 is 9.47 Å². The van der Waals surface area contributed by atoms with Crippen LogP contribution in [0.25, 0.3) is 0 Å². The molecule has 5 heteroatoms. The highest BCUT2D eigenvalue weighted by Crippen LogP contribution is 2.30. The van der Waals surface area contributed by atoms with E-state index in [1.54, 1.807) is 18.4 Å². The number of hydrazine groups is 1. The first-order valence-corrected chi connectivity index (χ1v) is 8.01. The molecule has 0 radical (unpaired) electrons. The summed E-state index contributed by atoms with van der Waals surface area (Å²) < 4.78 is 10.8. The monoisotopic (exact) mass is 304 g/mol. The minimum Gasteiger partial charge on any atom is -0.496 e. The first-order chi connectivity index (χ1) is 10.3. The number of fused-ring (bicyclic) bond motifs is 1. The van der Waals surface area contributed by atoms with Crippen molar-refractivity contribution in [1.82, 2.24) is 5.43 Å². The molecular weight excluding hydrogens is 284 g/mol. The van der Waals surface area contributed by atoms with Gasteiger partial charge in [-0.2, -0.15) is 0 Å². The summed E-state index contributed by atoms with van der Waals surface area (Å²) in [5, 5.41) is 2.01. The molecule has 1 aromatic heterocycles. The molecule has 2 heterocycles. The molecule has 4 nitrogen and oxygen atoms in total. The van der Waals surface area contributed by atoms with Gasteiger partial charge in [-0.25, -0.2) is 0 Å². The maximum absolute atomic E-state index is 5.71. The van der Waals surface area contributed by atoms with Gasteiger partial charge in [-0.3, -0.25) is 11.3 Å². The summed E-state index contributed by atoms with van der Waals surface area (Å²) in [5.41, 5.74) is 5.57. The van der Waals surface area contributed by atoms with Crippen LogP contribution in [-0.2, 0) is 12.8 Å². The van der Waals surface area contributed by atoms with Crippen molar-refractivity contribution in [2.24, 2.45) is 5.84 Å². The zero-order valence-electron chi connectivity index (χ0n) is 12.1. The third-order valence-electron chi connectivity index (χ3n) is 3.85. The molecule has 0 fully saturated rings. The van der Waals surface area contributed by atoms with Crippen molar-refractivity contribution in [2.45, 2.75) is 25.3 Å². The Morgan fingerprint density at radius 1 is 1.43 bits per heavy atom. The molecule has 0 saturated heterocycles. The van der Waals surface area contributed by atoms with E-state index in [9.17, 15) is 0 Å². The van der Waals surface area contributed by atoms with E-state index in [-0.39, 0.29) is 6.04 Å². The van der Waals surface area contributed by atoms with Crippen molar-refractivity contribution >= 4 is 11.3 Å². The minimum atomic E-state index is 0.156. The smallest absolute Gasteiger partial charge is 0.129 e. The van der Waals surface area contributed by atoms with Crippen LogP contribution in [0.3, 0.4) is 0 Å². The molecule has 1 aliphatic heterocycles. The molecule has 112 valence electrons. The van der Waals surface area contributed by atoms with Crippen LogP contribution in [-0.4, -0.2) is 13.7 Å². The third kappa shape index (κ3) is 3.20. The predicted octanol–water partition coefficient (Wildman–Crippen LogP) is 2.83. The highest BCUT2D eigenvalue weighted by Gasteiger charge is 2.15. The van der Waals surface area contributed by atoms with Crippen LogP contribution < -0.4 is 20.7 Å². The molecule has 3 N–H and O–H groups in total. The fourth-order valence-corrected chi connectivity index (χ4v) is 3.59. The number of hydrogen-bond acceptors (Lipinski definition) is 5. The molecule has 2 aromatic rings. The normalized spacial score (nSPS) is 14.6. The van der Waals surface area contributed by atoms with Gasteiger partial charge in [0, 0.05) is 16.7 Å². The summed E-state index contributed by atoms with van der Waals surface area (Å²) in [4.78, 5) is 1.21. The summed E-state index contributed by atoms with van der Waals surface area (Å²) in [6, 6.07) is 8.68. The molecule has 1 atom stereocenters. The molecule has 1 unspecified atom stereocenters. The van der Waals surface area contributed by atoms with Crippen LogP contribution in [0, 0.1) is 0 Å². The lowest BCUT2D eigenvalue weighted by Gasteiger charge is -2.14. The predicted molar refractivity (Wildman–Crippen MR) is 84.9 cm³/mol. The number of aryl methyl sites for hydroxylation is 1. The van der Waals surface area contributed by atoms with Gasteiger partial charge in [0.25, 0.3) is 0 Å². The number of ether oxygens (including phenoxy) is 2. The largest absolute Gasteiger partial charge is 0.496 e. The van der Waals surface area contributed by atoms with Crippen molar-refractivity contribution in [1.29, 1.82) is 0 Å². The Morgan fingerprint density at radius 2 is 2.33 bits per heavy atom. The molecule has 0 saturated carbocycles. The van der Waals surface area contributed by atoms with Crippen LogP contribution in [0.15, 0.2) is 29.6 Å². The van der Waals surface area contributed by atoms with Gasteiger partial charge in [-0.05, 0) is 36.1 Å². The Bertz CT molecular complexity index is 612. The van der Waals surface area contributed by atoms with Crippen molar-refractivity contribution in [3.8, 4) is 11.5 Å². The van der Waals surface area contributed by atoms with E-state index < -0.39 is 0 Å². The topological polar surface area (TPSA) is 56.5 Å². The number of nitrogens with one attached hydrogen (secondary N) is 1. The van der Waals surface area contributed by atoms with Crippen molar-refractivity contribution in [3.63, 3.8) is 0 Å². The fourth-order valence-electron chi connectivity index (χ4n) is 2.64. The van der Waals surface area contributed by atoms with Crippen LogP contribution in [0.1, 0.15) is 28.5 Å². The van der Waals surface area contributed by atoms with E-state index in [2.05, 4.69) is 23.6 Å². The van der Waals surface area contributed by atoms with E-state index in [0.717, 1.165) is 37.4 Å². The minimum absolute atomic E-state index is 0.156. The molecule has 3 rings (SSSR count). The molecule has 0 bridgehead atoms. The maximum atomic E-state index is 5.71. The lowest BCUT2D eigenvalue weighted by molar-refractivity contribution is 0.357. The van der Waals surface area contributed by atoms with Gasteiger partial charge in [0.05, 0.1) is 19.8 Å². The maximum Gasteiger partial charge on any atom is 0.129 e. The number of benzene rings is 1. The van der Waals surface area contributed by atoms with Crippen LogP contribution in [0.2, 0.25) is 0 Å². The average molecular weight is 304 g/mol. The summed E-state index contributed by atoms with van der Waals surface area (Å²) in [5.74, 6) is 7.64. The highest BCUT2D eigenvalue weighted by molar-refractivity contribution is 7.10. The molecule has 1 aliphatic rings. The molecule has 21 heavy (non-hydrogen) atoms. The van der Waals surface area contributed by atoms with E-state index in [4.69, 9.17) is 15.3 Å². The van der Waals surface area contributed by atoms with Gasteiger partial charge >= 0.3 is 0 Å². The van der Waals surface area contributed by atoms with Gasteiger partial charge in [0.15, 0.2) is 0 Å². The second-order valence-corrected chi connectivity index (χ2v) is 6.13. The Kier molecular flexibility index (Phi) is 4.43. The molecule has 1 aromatic carbocycles. The van der Waals surface area contributed by atoms with Crippen LogP contribution in [0.5, 0.6) is 11.5 Å². The molecule has 0 aliphatic carbocycles.